The van der Waals surface area contributed by atoms with Gasteiger partial charge in [0.05, 0.1) is 12.5 Å². The third-order valence-electron chi connectivity index (χ3n) is 4.81. The molecule has 1 fully saturated rings. The average Bonchev–Trinajstić information content (AvgIpc) is 3.24. The van der Waals surface area contributed by atoms with Crippen molar-refractivity contribution in [2.24, 2.45) is 0 Å². The van der Waals surface area contributed by atoms with E-state index in [4.69, 9.17) is 10.00 Å². The topological polar surface area (TPSA) is 82.4 Å². The Labute approximate surface area is 164 Å². The highest BCUT2D eigenvalue weighted by Gasteiger charge is 2.22. The minimum absolute atomic E-state index is 0.0137. The summed E-state index contributed by atoms with van der Waals surface area (Å²) in [6, 6.07) is 14.5. The Balaban J connectivity index is 1.60. The van der Waals surface area contributed by atoms with Gasteiger partial charge >= 0.3 is 0 Å². The minimum atomic E-state index is -0.296. The number of nitrogens with one attached hydrogen (secondary N) is 1. The summed E-state index contributed by atoms with van der Waals surface area (Å²) in [6.45, 7) is 3.28. The molecule has 0 atom stereocenters. The smallest absolute Gasteiger partial charge is 0.262 e. The fraction of sp³-hybridized carbons (Fsp3) is 0.318. The fourth-order valence-electron chi connectivity index (χ4n) is 3.22. The van der Waals surface area contributed by atoms with Gasteiger partial charge < -0.3 is 15.0 Å². The van der Waals surface area contributed by atoms with Crippen LogP contribution in [0.2, 0.25) is 0 Å². The molecule has 0 aliphatic carbocycles. The van der Waals surface area contributed by atoms with E-state index in [1.54, 1.807) is 42.5 Å². The van der Waals surface area contributed by atoms with Crippen molar-refractivity contribution in [2.45, 2.75) is 26.2 Å². The van der Waals surface area contributed by atoms with E-state index in [1.807, 2.05) is 11.8 Å². The normalized spacial score (nSPS) is 13.1. The molecule has 0 saturated carbocycles. The third kappa shape index (κ3) is 4.68. The summed E-state index contributed by atoms with van der Waals surface area (Å²) in [6.07, 6.45) is 2.42. The van der Waals surface area contributed by atoms with Crippen LogP contribution in [0.4, 0.5) is 5.69 Å². The van der Waals surface area contributed by atoms with Crippen molar-refractivity contribution < 1.29 is 14.3 Å². The average molecular weight is 377 g/mol. The molecule has 1 N–H and O–H groups in total. The molecule has 2 aromatic rings. The molecule has 1 aliphatic rings. The number of anilines is 1. The number of carbonyl (C=O) groups excluding carboxylic acids is 2. The molecule has 6 nitrogen and oxygen atoms in total. The SMILES string of the molecule is Cc1c(NC(=O)COc2ccc(CC#N)cc2)cccc1C(=O)N1CCCC1. The van der Waals surface area contributed by atoms with Gasteiger partial charge in [0.25, 0.3) is 11.8 Å². The zero-order chi connectivity index (χ0) is 19.9. The zero-order valence-electron chi connectivity index (χ0n) is 15.9. The van der Waals surface area contributed by atoms with Crippen LogP contribution in [0.15, 0.2) is 42.5 Å². The second kappa shape index (κ2) is 9.05. The lowest BCUT2D eigenvalue weighted by Gasteiger charge is -2.18. The fourth-order valence-corrected chi connectivity index (χ4v) is 3.22. The van der Waals surface area contributed by atoms with Crippen LogP contribution in [-0.2, 0) is 11.2 Å². The van der Waals surface area contributed by atoms with Gasteiger partial charge in [-0.3, -0.25) is 9.59 Å². The largest absolute Gasteiger partial charge is 0.484 e. The molecule has 6 heteroatoms. The Morgan fingerprint density at radius 3 is 2.54 bits per heavy atom. The Kier molecular flexibility index (Phi) is 6.28. The zero-order valence-corrected chi connectivity index (χ0v) is 15.9. The number of benzene rings is 2. The molecule has 2 amide bonds. The lowest BCUT2D eigenvalue weighted by atomic mass is 10.1. The maximum Gasteiger partial charge on any atom is 0.262 e. The molecule has 0 aromatic heterocycles. The van der Waals surface area contributed by atoms with Crippen molar-refractivity contribution in [3.8, 4) is 11.8 Å². The first-order chi connectivity index (χ1) is 13.6. The van der Waals surface area contributed by atoms with Gasteiger partial charge in [-0.15, -0.1) is 0 Å². The summed E-state index contributed by atoms with van der Waals surface area (Å²) in [7, 11) is 0. The number of nitriles is 1. The van der Waals surface area contributed by atoms with Gasteiger partial charge in [-0.1, -0.05) is 18.2 Å². The molecule has 0 bridgehead atoms. The summed E-state index contributed by atoms with van der Waals surface area (Å²) in [5.41, 5.74) is 2.89. The molecule has 2 aromatic carbocycles. The number of ether oxygens (including phenoxy) is 1. The van der Waals surface area contributed by atoms with Crippen LogP contribution in [0.3, 0.4) is 0 Å². The molecule has 0 radical (unpaired) electrons. The molecule has 144 valence electrons. The summed E-state index contributed by atoms with van der Waals surface area (Å²) >= 11 is 0. The summed E-state index contributed by atoms with van der Waals surface area (Å²) in [4.78, 5) is 26.8. The van der Waals surface area contributed by atoms with Gasteiger partial charge in [-0.05, 0) is 55.2 Å². The molecule has 1 heterocycles. The Bertz CT molecular complexity index is 894. The quantitative estimate of drug-likeness (QED) is 0.837. The van der Waals surface area contributed by atoms with Crippen LogP contribution >= 0.6 is 0 Å². The van der Waals surface area contributed by atoms with Crippen LogP contribution in [0.1, 0.15) is 34.3 Å². The van der Waals surface area contributed by atoms with Crippen molar-refractivity contribution in [1.29, 1.82) is 5.26 Å². The molecule has 3 rings (SSSR count). The van der Waals surface area contributed by atoms with Crippen LogP contribution in [0.5, 0.6) is 5.75 Å². The van der Waals surface area contributed by atoms with Gasteiger partial charge in [0.1, 0.15) is 5.75 Å². The highest BCUT2D eigenvalue weighted by Crippen LogP contribution is 2.22. The van der Waals surface area contributed by atoms with E-state index < -0.39 is 0 Å². The van der Waals surface area contributed by atoms with Crippen molar-refractivity contribution in [2.75, 3.05) is 25.0 Å². The Morgan fingerprint density at radius 2 is 1.86 bits per heavy atom. The highest BCUT2D eigenvalue weighted by molar-refractivity contribution is 5.99. The molecule has 0 spiro atoms. The maximum absolute atomic E-state index is 12.7. The first-order valence-corrected chi connectivity index (χ1v) is 9.36. The summed E-state index contributed by atoms with van der Waals surface area (Å²) < 4.78 is 5.50. The Hall–Kier alpha value is -3.33. The molecular weight excluding hydrogens is 354 g/mol. The van der Waals surface area contributed by atoms with Gasteiger partial charge in [0, 0.05) is 24.3 Å². The van der Waals surface area contributed by atoms with Gasteiger partial charge in [0.2, 0.25) is 0 Å². The molecule has 1 aliphatic heterocycles. The lowest BCUT2D eigenvalue weighted by Crippen LogP contribution is -2.28. The monoisotopic (exact) mass is 377 g/mol. The number of rotatable bonds is 6. The van der Waals surface area contributed by atoms with Gasteiger partial charge in [-0.2, -0.15) is 5.26 Å². The van der Waals surface area contributed by atoms with Crippen molar-refractivity contribution >= 4 is 17.5 Å². The minimum Gasteiger partial charge on any atom is -0.484 e. The van der Waals surface area contributed by atoms with E-state index in [0.717, 1.165) is 37.1 Å². The van der Waals surface area contributed by atoms with Crippen LogP contribution < -0.4 is 10.1 Å². The number of hydrogen-bond acceptors (Lipinski definition) is 4. The van der Waals surface area contributed by atoms with E-state index in [9.17, 15) is 9.59 Å². The van der Waals surface area contributed by atoms with Gasteiger partial charge in [0.15, 0.2) is 6.61 Å². The van der Waals surface area contributed by atoms with E-state index in [1.165, 1.54) is 0 Å². The summed E-state index contributed by atoms with van der Waals surface area (Å²) in [5, 5.41) is 11.5. The van der Waals surface area contributed by atoms with E-state index in [2.05, 4.69) is 11.4 Å². The van der Waals surface area contributed by atoms with Gasteiger partial charge in [-0.25, -0.2) is 0 Å². The number of hydrogen-bond donors (Lipinski definition) is 1. The molecular formula is C22H23N3O3. The van der Waals surface area contributed by atoms with Crippen molar-refractivity contribution in [1.82, 2.24) is 4.90 Å². The number of amides is 2. The predicted octanol–water partition coefficient (Wildman–Crippen LogP) is 3.31. The van der Waals surface area contributed by atoms with Crippen LogP contribution in [0.25, 0.3) is 0 Å². The predicted molar refractivity (Wildman–Crippen MR) is 106 cm³/mol. The molecule has 28 heavy (non-hydrogen) atoms. The first kappa shape index (κ1) is 19.4. The maximum atomic E-state index is 12.7. The van der Waals surface area contributed by atoms with E-state index in [0.29, 0.717) is 23.4 Å². The first-order valence-electron chi connectivity index (χ1n) is 9.36. The highest BCUT2D eigenvalue weighted by atomic mass is 16.5. The second-order valence-corrected chi connectivity index (χ2v) is 6.79. The van der Waals surface area contributed by atoms with Crippen LogP contribution in [-0.4, -0.2) is 36.4 Å². The van der Waals surface area contributed by atoms with Crippen molar-refractivity contribution in [3.63, 3.8) is 0 Å². The number of nitrogens with zero attached hydrogens (tertiary/aromatic N) is 2. The van der Waals surface area contributed by atoms with Crippen molar-refractivity contribution in [3.05, 3.63) is 59.2 Å². The third-order valence-corrected chi connectivity index (χ3v) is 4.81. The van der Waals surface area contributed by atoms with E-state index >= 15 is 0 Å². The molecule has 0 unspecified atom stereocenters. The molecule has 1 saturated heterocycles. The number of carbonyl (C=O) groups is 2. The Morgan fingerprint density at radius 1 is 1.14 bits per heavy atom. The van der Waals surface area contributed by atoms with Crippen LogP contribution in [0, 0.1) is 18.3 Å². The summed E-state index contributed by atoms with van der Waals surface area (Å²) in [5.74, 6) is 0.279. The number of likely N-dealkylation sites (tertiary alicyclic amines) is 1. The standard InChI is InChI=1S/C22H23N3O3/c1-16-19(22(27)25-13-2-3-14-25)5-4-6-20(16)24-21(26)15-28-18-9-7-17(8-10-18)11-12-23/h4-10H,2-3,11,13-15H2,1H3,(H,24,26). The van der Waals surface area contributed by atoms with E-state index in [-0.39, 0.29) is 18.4 Å². The lowest BCUT2D eigenvalue weighted by molar-refractivity contribution is -0.118. The second-order valence-electron chi connectivity index (χ2n) is 6.79.